The van der Waals surface area contributed by atoms with Gasteiger partial charge in [0.2, 0.25) is 0 Å². The van der Waals surface area contributed by atoms with Gasteiger partial charge < -0.3 is 10.4 Å². The van der Waals surface area contributed by atoms with Gasteiger partial charge in [0.1, 0.15) is 5.75 Å². The van der Waals surface area contributed by atoms with E-state index in [9.17, 15) is 9.90 Å². The Morgan fingerprint density at radius 1 is 0.955 bits per heavy atom. The minimum Gasteiger partial charge on any atom is -0.507 e. The van der Waals surface area contributed by atoms with Crippen LogP contribution in [0.15, 0.2) is 66.7 Å². The summed E-state index contributed by atoms with van der Waals surface area (Å²) in [6, 6.07) is 20.6. The van der Waals surface area contributed by atoms with Crippen molar-refractivity contribution in [2.24, 2.45) is 0 Å². The number of nitrogens with one attached hydrogen (secondary N) is 1. The molecule has 0 aliphatic carbocycles. The van der Waals surface area contributed by atoms with Gasteiger partial charge in [-0.2, -0.15) is 0 Å². The quantitative estimate of drug-likeness (QED) is 0.765. The van der Waals surface area contributed by atoms with E-state index >= 15 is 0 Å². The number of carbonyl (C=O) groups is 1. The number of aromatic hydroxyl groups is 1. The Labute approximate surface area is 129 Å². The smallest absolute Gasteiger partial charge is 0.255 e. The van der Waals surface area contributed by atoms with Crippen LogP contribution in [0.4, 0.5) is 0 Å². The van der Waals surface area contributed by atoms with Crippen molar-refractivity contribution in [3.8, 4) is 5.75 Å². The van der Waals surface area contributed by atoms with Crippen LogP contribution in [0.3, 0.4) is 0 Å². The van der Waals surface area contributed by atoms with Crippen LogP contribution >= 0.6 is 0 Å². The average Bonchev–Trinajstić information content (AvgIpc) is 2.54. The van der Waals surface area contributed by atoms with E-state index in [1.165, 1.54) is 0 Å². The highest BCUT2D eigenvalue weighted by atomic mass is 16.3. The third-order valence-corrected chi connectivity index (χ3v) is 3.76. The number of rotatable bonds is 3. The summed E-state index contributed by atoms with van der Waals surface area (Å²) >= 11 is 0. The first-order chi connectivity index (χ1) is 10.6. The zero-order chi connectivity index (χ0) is 15.5. The van der Waals surface area contributed by atoms with Crippen LogP contribution in [-0.2, 0) is 0 Å². The zero-order valence-corrected chi connectivity index (χ0v) is 12.3. The summed E-state index contributed by atoms with van der Waals surface area (Å²) in [4.78, 5) is 12.4. The fourth-order valence-corrected chi connectivity index (χ4v) is 2.51. The predicted molar refractivity (Wildman–Crippen MR) is 87.9 cm³/mol. The van der Waals surface area contributed by atoms with E-state index in [-0.39, 0.29) is 17.7 Å². The highest BCUT2D eigenvalue weighted by Crippen LogP contribution is 2.25. The standard InChI is InChI=1S/C19H17NO2/c1-13(14-7-3-2-4-8-14)20-19(22)17-11-15-9-5-6-10-16(15)12-18(17)21/h2-13,21H,1H3,(H,20,22)/t13-/m0/s1. The summed E-state index contributed by atoms with van der Waals surface area (Å²) in [5, 5.41) is 14.9. The fourth-order valence-electron chi connectivity index (χ4n) is 2.51. The lowest BCUT2D eigenvalue weighted by Crippen LogP contribution is -2.26. The maximum atomic E-state index is 12.4. The molecule has 0 aliphatic heterocycles. The monoisotopic (exact) mass is 291 g/mol. The Hall–Kier alpha value is -2.81. The summed E-state index contributed by atoms with van der Waals surface area (Å²) < 4.78 is 0. The Morgan fingerprint density at radius 3 is 2.23 bits per heavy atom. The maximum Gasteiger partial charge on any atom is 0.255 e. The topological polar surface area (TPSA) is 49.3 Å². The maximum absolute atomic E-state index is 12.4. The van der Waals surface area contributed by atoms with Crippen LogP contribution < -0.4 is 5.32 Å². The summed E-state index contributed by atoms with van der Waals surface area (Å²) in [7, 11) is 0. The molecule has 1 amide bonds. The van der Waals surface area contributed by atoms with E-state index in [1.807, 2.05) is 61.5 Å². The molecule has 3 aromatic rings. The van der Waals surface area contributed by atoms with Gasteiger partial charge in [-0.1, -0.05) is 54.6 Å². The van der Waals surface area contributed by atoms with Crippen molar-refractivity contribution >= 4 is 16.7 Å². The first-order valence-electron chi connectivity index (χ1n) is 7.23. The van der Waals surface area contributed by atoms with Gasteiger partial charge in [0, 0.05) is 0 Å². The van der Waals surface area contributed by atoms with Gasteiger partial charge in [-0.25, -0.2) is 0 Å². The zero-order valence-electron chi connectivity index (χ0n) is 12.3. The molecule has 0 unspecified atom stereocenters. The Balaban J connectivity index is 1.87. The number of hydrogen-bond donors (Lipinski definition) is 2. The average molecular weight is 291 g/mol. The van der Waals surface area contributed by atoms with Crippen LogP contribution in [-0.4, -0.2) is 11.0 Å². The van der Waals surface area contributed by atoms with Crippen molar-refractivity contribution in [2.45, 2.75) is 13.0 Å². The van der Waals surface area contributed by atoms with Gasteiger partial charge in [0.15, 0.2) is 0 Å². The summed E-state index contributed by atoms with van der Waals surface area (Å²) in [6.07, 6.45) is 0. The molecular formula is C19H17NO2. The molecule has 3 rings (SSSR count). The lowest BCUT2D eigenvalue weighted by Gasteiger charge is -2.15. The predicted octanol–water partition coefficient (Wildman–Crippen LogP) is 4.04. The number of fused-ring (bicyclic) bond motifs is 1. The van der Waals surface area contributed by atoms with Crippen LogP contribution in [0, 0.1) is 0 Å². The van der Waals surface area contributed by atoms with E-state index in [0.717, 1.165) is 16.3 Å². The molecule has 0 saturated carbocycles. The molecule has 0 bridgehead atoms. The van der Waals surface area contributed by atoms with Crippen molar-refractivity contribution in [2.75, 3.05) is 0 Å². The van der Waals surface area contributed by atoms with Crippen molar-refractivity contribution < 1.29 is 9.90 Å². The number of phenolic OH excluding ortho intramolecular Hbond substituents is 1. The Kier molecular flexibility index (Phi) is 3.79. The van der Waals surface area contributed by atoms with Gasteiger partial charge in [0.25, 0.3) is 5.91 Å². The molecule has 1 atom stereocenters. The third-order valence-electron chi connectivity index (χ3n) is 3.76. The van der Waals surface area contributed by atoms with Gasteiger partial charge in [0.05, 0.1) is 11.6 Å². The molecule has 0 aliphatic rings. The van der Waals surface area contributed by atoms with Crippen molar-refractivity contribution in [1.82, 2.24) is 5.32 Å². The lowest BCUT2D eigenvalue weighted by molar-refractivity contribution is 0.0937. The Bertz CT molecular complexity index is 812. The van der Waals surface area contributed by atoms with E-state index in [1.54, 1.807) is 12.1 Å². The SMILES string of the molecule is C[C@H](NC(=O)c1cc2ccccc2cc1O)c1ccccc1. The number of amides is 1. The lowest BCUT2D eigenvalue weighted by atomic mass is 10.0. The second-order valence-corrected chi connectivity index (χ2v) is 5.32. The molecule has 0 fully saturated rings. The van der Waals surface area contributed by atoms with E-state index < -0.39 is 0 Å². The molecule has 0 saturated heterocycles. The van der Waals surface area contributed by atoms with Crippen molar-refractivity contribution in [1.29, 1.82) is 0 Å². The number of carbonyl (C=O) groups excluding carboxylic acids is 1. The van der Waals surface area contributed by atoms with E-state index in [4.69, 9.17) is 0 Å². The van der Waals surface area contributed by atoms with Gasteiger partial charge >= 0.3 is 0 Å². The number of benzene rings is 3. The largest absolute Gasteiger partial charge is 0.507 e. The summed E-state index contributed by atoms with van der Waals surface area (Å²) in [5.74, 6) is -0.281. The molecule has 0 heterocycles. The first kappa shape index (κ1) is 14.1. The van der Waals surface area contributed by atoms with Crippen molar-refractivity contribution in [3.05, 3.63) is 77.9 Å². The second kappa shape index (κ2) is 5.90. The van der Waals surface area contributed by atoms with Crippen LogP contribution in [0.5, 0.6) is 5.75 Å². The van der Waals surface area contributed by atoms with Gasteiger partial charge in [-0.05, 0) is 35.4 Å². The highest BCUT2D eigenvalue weighted by molar-refractivity contribution is 6.01. The minimum atomic E-state index is -0.278. The van der Waals surface area contributed by atoms with Crippen LogP contribution in [0.2, 0.25) is 0 Å². The second-order valence-electron chi connectivity index (χ2n) is 5.32. The van der Waals surface area contributed by atoms with Crippen LogP contribution in [0.25, 0.3) is 10.8 Å². The van der Waals surface area contributed by atoms with E-state index in [2.05, 4.69) is 5.32 Å². The molecule has 0 spiro atoms. The normalized spacial score (nSPS) is 12.0. The Morgan fingerprint density at radius 2 is 1.55 bits per heavy atom. The third kappa shape index (κ3) is 2.79. The molecule has 22 heavy (non-hydrogen) atoms. The molecule has 3 heteroatoms. The minimum absolute atomic E-state index is 0.00328. The first-order valence-corrected chi connectivity index (χ1v) is 7.23. The number of hydrogen-bond acceptors (Lipinski definition) is 2. The van der Waals surface area contributed by atoms with Gasteiger partial charge in [-0.3, -0.25) is 4.79 Å². The summed E-state index contributed by atoms with van der Waals surface area (Å²) in [5.41, 5.74) is 1.32. The fraction of sp³-hybridized carbons (Fsp3) is 0.105. The number of phenols is 1. The molecule has 2 N–H and O–H groups in total. The molecule has 110 valence electrons. The van der Waals surface area contributed by atoms with E-state index in [0.29, 0.717) is 5.56 Å². The molecule has 3 aromatic carbocycles. The van der Waals surface area contributed by atoms with Crippen LogP contribution in [0.1, 0.15) is 28.9 Å². The molecular weight excluding hydrogens is 274 g/mol. The van der Waals surface area contributed by atoms with Gasteiger partial charge in [-0.15, -0.1) is 0 Å². The van der Waals surface area contributed by atoms with Crippen molar-refractivity contribution in [3.63, 3.8) is 0 Å². The molecule has 3 nitrogen and oxygen atoms in total. The summed E-state index contributed by atoms with van der Waals surface area (Å²) in [6.45, 7) is 1.92. The molecule has 0 aromatic heterocycles. The molecule has 0 radical (unpaired) electrons. The highest BCUT2D eigenvalue weighted by Gasteiger charge is 2.15.